The third kappa shape index (κ3) is 1.80. The van der Waals surface area contributed by atoms with Crippen molar-refractivity contribution >= 4 is 12.1 Å². The maximum atomic E-state index is 10.5. The summed E-state index contributed by atoms with van der Waals surface area (Å²) in [7, 11) is 0. The van der Waals surface area contributed by atoms with E-state index in [2.05, 4.69) is 15.0 Å². The lowest BCUT2D eigenvalue weighted by Gasteiger charge is -2.01. The molecule has 5 heteroatoms. The molecule has 0 saturated heterocycles. The van der Waals surface area contributed by atoms with Crippen molar-refractivity contribution < 1.29 is 4.79 Å². The Balaban J connectivity index is 2.47. The van der Waals surface area contributed by atoms with Crippen molar-refractivity contribution in [2.75, 3.05) is 5.73 Å². The summed E-state index contributed by atoms with van der Waals surface area (Å²) in [5.74, 6) is 0.673. The van der Waals surface area contributed by atoms with E-state index in [1.165, 1.54) is 6.20 Å². The number of aldehydes is 1. The summed E-state index contributed by atoms with van der Waals surface area (Å²) in [5, 5.41) is 0. The van der Waals surface area contributed by atoms with E-state index in [9.17, 15) is 4.79 Å². The highest BCUT2D eigenvalue weighted by Gasteiger charge is 2.04. The average Bonchev–Trinajstić information content (AvgIpc) is 2.30. The molecular weight excluding hydrogens is 192 g/mol. The van der Waals surface area contributed by atoms with Crippen LogP contribution in [0.15, 0.2) is 30.7 Å². The third-order valence-corrected chi connectivity index (χ3v) is 1.91. The molecule has 0 atom stereocenters. The van der Waals surface area contributed by atoms with Gasteiger partial charge in [-0.3, -0.25) is 9.78 Å². The van der Waals surface area contributed by atoms with Crippen molar-refractivity contribution in [3.8, 4) is 11.4 Å². The van der Waals surface area contributed by atoms with Gasteiger partial charge in [-0.1, -0.05) is 0 Å². The number of carbonyl (C=O) groups excluding carboxylic acids is 1. The fraction of sp³-hybridized carbons (Fsp3) is 0. The molecule has 0 radical (unpaired) electrons. The van der Waals surface area contributed by atoms with E-state index in [4.69, 9.17) is 5.73 Å². The van der Waals surface area contributed by atoms with Crippen molar-refractivity contribution in [2.24, 2.45) is 0 Å². The predicted molar refractivity (Wildman–Crippen MR) is 55.1 cm³/mol. The first-order valence-electron chi connectivity index (χ1n) is 4.29. The van der Waals surface area contributed by atoms with Crippen molar-refractivity contribution in [1.82, 2.24) is 15.0 Å². The molecule has 0 bridgehead atoms. The normalized spacial score (nSPS) is 9.87. The summed E-state index contributed by atoms with van der Waals surface area (Å²) in [6.45, 7) is 0. The molecule has 0 aromatic carbocycles. The highest BCUT2D eigenvalue weighted by atomic mass is 16.1. The van der Waals surface area contributed by atoms with E-state index >= 15 is 0 Å². The van der Waals surface area contributed by atoms with Gasteiger partial charge in [0.2, 0.25) is 0 Å². The number of hydrogen-bond donors (Lipinski definition) is 1. The second kappa shape index (κ2) is 3.83. The van der Waals surface area contributed by atoms with Gasteiger partial charge in [0.1, 0.15) is 5.82 Å². The van der Waals surface area contributed by atoms with E-state index < -0.39 is 0 Å². The van der Waals surface area contributed by atoms with Crippen LogP contribution in [0.3, 0.4) is 0 Å². The number of anilines is 1. The Morgan fingerprint density at radius 3 is 2.60 bits per heavy atom. The molecule has 0 aliphatic carbocycles. The topological polar surface area (TPSA) is 81.8 Å². The van der Waals surface area contributed by atoms with Gasteiger partial charge in [0.15, 0.2) is 12.1 Å². The van der Waals surface area contributed by atoms with Gasteiger partial charge in [0.25, 0.3) is 0 Å². The van der Waals surface area contributed by atoms with Gasteiger partial charge < -0.3 is 5.73 Å². The number of aromatic nitrogens is 3. The fourth-order valence-corrected chi connectivity index (χ4v) is 1.14. The zero-order chi connectivity index (χ0) is 10.7. The molecule has 15 heavy (non-hydrogen) atoms. The fourth-order valence-electron chi connectivity index (χ4n) is 1.14. The molecule has 2 aromatic rings. The van der Waals surface area contributed by atoms with Crippen LogP contribution >= 0.6 is 0 Å². The Morgan fingerprint density at radius 2 is 2.00 bits per heavy atom. The molecule has 2 aromatic heterocycles. The smallest absolute Gasteiger partial charge is 0.161 e. The zero-order valence-corrected chi connectivity index (χ0v) is 7.79. The Labute approximate surface area is 86.0 Å². The number of hydrogen-bond acceptors (Lipinski definition) is 5. The molecule has 0 unspecified atom stereocenters. The van der Waals surface area contributed by atoms with Crippen LogP contribution in [0, 0.1) is 0 Å². The maximum Gasteiger partial charge on any atom is 0.161 e. The minimum Gasteiger partial charge on any atom is -0.383 e. The summed E-state index contributed by atoms with van der Waals surface area (Å²) >= 11 is 0. The van der Waals surface area contributed by atoms with E-state index in [1.54, 1.807) is 24.5 Å². The molecule has 0 fully saturated rings. The van der Waals surface area contributed by atoms with E-state index in [-0.39, 0.29) is 5.82 Å². The molecule has 2 rings (SSSR count). The number of pyridine rings is 1. The molecule has 0 amide bonds. The van der Waals surface area contributed by atoms with Crippen LogP contribution < -0.4 is 5.73 Å². The lowest BCUT2D eigenvalue weighted by molar-refractivity contribution is 0.112. The number of rotatable bonds is 2. The van der Waals surface area contributed by atoms with Crippen LogP contribution in [0.1, 0.15) is 10.4 Å². The number of nitrogens with zero attached hydrogens (tertiary/aromatic N) is 3. The first-order chi connectivity index (χ1) is 7.31. The summed E-state index contributed by atoms with van der Waals surface area (Å²) in [6, 6.07) is 3.55. The lowest BCUT2D eigenvalue weighted by Crippen LogP contribution is -2.00. The van der Waals surface area contributed by atoms with Gasteiger partial charge in [-0.25, -0.2) is 9.97 Å². The molecule has 74 valence electrons. The molecular formula is C10H8N4O. The number of nitrogen functional groups attached to an aromatic ring is 1. The van der Waals surface area contributed by atoms with Crippen LogP contribution in [-0.2, 0) is 0 Å². The average molecular weight is 200 g/mol. The Kier molecular flexibility index (Phi) is 2.37. The minimum atomic E-state index is 0.187. The summed E-state index contributed by atoms with van der Waals surface area (Å²) in [6.07, 6.45) is 5.32. The van der Waals surface area contributed by atoms with E-state index in [0.717, 1.165) is 5.56 Å². The highest BCUT2D eigenvalue weighted by molar-refractivity contribution is 5.81. The van der Waals surface area contributed by atoms with Crippen molar-refractivity contribution in [3.63, 3.8) is 0 Å². The van der Waals surface area contributed by atoms with Crippen molar-refractivity contribution in [1.29, 1.82) is 0 Å². The molecule has 0 aliphatic rings. The summed E-state index contributed by atoms with van der Waals surface area (Å²) in [5.41, 5.74) is 6.68. The number of nitrogens with two attached hydrogens (primary N) is 1. The summed E-state index contributed by atoms with van der Waals surface area (Å²) in [4.78, 5) is 22.4. The Hall–Kier alpha value is -2.30. The van der Waals surface area contributed by atoms with Crippen LogP contribution in [-0.4, -0.2) is 21.2 Å². The first-order valence-corrected chi connectivity index (χ1v) is 4.29. The van der Waals surface area contributed by atoms with Crippen molar-refractivity contribution in [3.05, 3.63) is 36.3 Å². The van der Waals surface area contributed by atoms with Crippen LogP contribution in [0.5, 0.6) is 0 Å². The standard InChI is InChI=1S/C10H8N4O/c11-9-8(6-15)5-13-10(14-9)7-1-3-12-4-2-7/h1-6H,(H2,11,13,14). The van der Waals surface area contributed by atoms with Crippen molar-refractivity contribution in [2.45, 2.75) is 0 Å². The van der Waals surface area contributed by atoms with Gasteiger partial charge in [-0.05, 0) is 12.1 Å². The van der Waals surface area contributed by atoms with Gasteiger partial charge in [-0.2, -0.15) is 0 Å². The third-order valence-electron chi connectivity index (χ3n) is 1.91. The lowest BCUT2D eigenvalue weighted by atomic mass is 10.2. The van der Waals surface area contributed by atoms with Crippen LogP contribution in [0.25, 0.3) is 11.4 Å². The minimum absolute atomic E-state index is 0.187. The quantitative estimate of drug-likeness (QED) is 0.729. The molecule has 0 spiro atoms. The molecule has 2 heterocycles. The highest BCUT2D eigenvalue weighted by Crippen LogP contribution is 2.15. The molecule has 0 saturated carbocycles. The summed E-state index contributed by atoms with van der Waals surface area (Å²) < 4.78 is 0. The SMILES string of the molecule is Nc1nc(-c2ccncc2)ncc1C=O. The Morgan fingerprint density at radius 1 is 1.27 bits per heavy atom. The first kappa shape index (κ1) is 9.26. The number of carbonyl (C=O) groups is 1. The van der Waals surface area contributed by atoms with E-state index in [1.807, 2.05) is 0 Å². The zero-order valence-electron chi connectivity index (χ0n) is 7.79. The molecule has 5 nitrogen and oxygen atoms in total. The molecule has 2 N–H and O–H groups in total. The van der Waals surface area contributed by atoms with Gasteiger partial charge >= 0.3 is 0 Å². The largest absolute Gasteiger partial charge is 0.383 e. The van der Waals surface area contributed by atoms with Gasteiger partial charge in [0.05, 0.1) is 5.56 Å². The second-order valence-electron chi connectivity index (χ2n) is 2.89. The Bertz CT molecular complexity index is 484. The van der Waals surface area contributed by atoms with Gasteiger partial charge in [0, 0.05) is 24.2 Å². The predicted octanol–water partition coefficient (Wildman–Crippen LogP) is 0.933. The van der Waals surface area contributed by atoms with Crippen LogP contribution in [0.2, 0.25) is 0 Å². The molecule has 0 aliphatic heterocycles. The van der Waals surface area contributed by atoms with Crippen LogP contribution in [0.4, 0.5) is 5.82 Å². The maximum absolute atomic E-state index is 10.5. The van der Waals surface area contributed by atoms with Gasteiger partial charge in [-0.15, -0.1) is 0 Å². The second-order valence-corrected chi connectivity index (χ2v) is 2.89. The monoisotopic (exact) mass is 200 g/mol. The van der Waals surface area contributed by atoms with E-state index in [0.29, 0.717) is 17.7 Å².